The Labute approximate surface area is 206 Å². The van der Waals surface area contributed by atoms with Gasteiger partial charge in [0.2, 0.25) is 5.91 Å². The third-order valence-corrected chi connectivity index (χ3v) is 6.92. The molecule has 7 nitrogen and oxygen atoms in total. The van der Waals surface area contributed by atoms with Gasteiger partial charge in [-0.05, 0) is 85.9 Å². The number of aryl methyl sites for hydroxylation is 3. The van der Waals surface area contributed by atoms with Crippen LogP contribution >= 0.6 is 27.7 Å². The number of benzene rings is 2. The van der Waals surface area contributed by atoms with E-state index >= 15 is 0 Å². The number of halogens is 1. The lowest BCUT2D eigenvalue weighted by Crippen LogP contribution is -2.28. The standard InChI is InChI=1S/C24H28BrN5O2S/c1-6-30-22(17(5)26-23(32)18-9-7-14(2)8-10-18)28-29-24(30)33-13-21(31)27-20-12-16(4)15(3)11-19(20)25/h7-12,17H,6,13H2,1-5H3,(H,26,32)(H,27,31). The fraction of sp³-hybridized carbons (Fsp3) is 0.333. The Hall–Kier alpha value is -2.65. The minimum Gasteiger partial charge on any atom is -0.342 e. The van der Waals surface area contributed by atoms with Gasteiger partial charge in [0.05, 0.1) is 17.5 Å². The lowest BCUT2D eigenvalue weighted by atomic mass is 10.1. The van der Waals surface area contributed by atoms with Gasteiger partial charge in [-0.15, -0.1) is 10.2 Å². The lowest BCUT2D eigenvalue weighted by molar-refractivity contribution is -0.113. The van der Waals surface area contributed by atoms with Gasteiger partial charge in [-0.2, -0.15) is 0 Å². The average Bonchev–Trinajstić information content (AvgIpc) is 3.19. The van der Waals surface area contributed by atoms with Crippen LogP contribution in [0.25, 0.3) is 0 Å². The molecule has 0 saturated heterocycles. The van der Waals surface area contributed by atoms with Crippen molar-refractivity contribution in [3.05, 3.63) is 68.9 Å². The summed E-state index contributed by atoms with van der Waals surface area (Å²) in [5, 5.41) is 15.1. The highest BCUT2D eigenvalue weighted by molar-refractivity contribution is 9.10. The summed E-state index contributed by atoms with van der Waals surface area (Å²) in [7, 11) is 0. The summed E-state index contributed by atoms with van der Waals surface area (Å²) < 4.78 is 2.77. The van der Waals surface area contributed by atoms with Crippen LogP contribution in [0.1, 0.15) is 52.8 Å². The molecule has 33 heavy (non-hydrogen) atoms. The second kappa shape index (κ2) is 11.0. The molecule has 2 N–H and O–H groups in total. The first-order valence-corrected chi connectivity index (χ1v) is 12.5. The molecular formula is C24H28BrN5O2S. The average molecular weight is 530 g/mol. The van der Waals surface area contributed by atoms with E-state index in [9.17, 15) is 9.59 Å². The SMILES string of the molecule is CCn1c(SCC(=O)Nc2cc(C)c(C)cc2Br)nnc1C(C)NC(=O)c1ccc(C)cc1. The maximum absolute atomic E-state index is 12.6. The van der Waals surface area contributed by atoms with Crippen molar-refractivity contribution < 1.29 is 9.59 Å². The first-order valence-electron chi connectivity index (χ1n) is 10.7. The number of anilines is 1. The van der Waals surface area contributed by atoms with Gasteiger partial charge in [-0.25, -0.2) is 0 Å². The van der Waals surface area contributed by atoms with E-state index < -0.39 is 0 Å². The van der Waals surface area contributed by atoms with Crippen molar-refractivity contribution in [2.24, 2.45) is 0 Å². The molecule has 0 radical (unpaired) electrons. The number of hydrogen-bond donors (Lipinski definition) is 2. The van der Waals surface area contributed by atoms with E-state index in [1.54, 1.807) is 12.1 Å². The van der Waals surface area contributed by atoms with Gasteiger partial charge in [0.15, 0.2) is 11.0 Å². The van der Waals surface area contributed by atoms with Gasteiger partial charge in [0.25, 0.3) is 5.91 Å². The van der Waals surface area contributed by atoms with E-state index in [0.717, 1.165) is 26.9 Å². The molecule has 0 aliphatic carbocycles. The maximum atomic E-state index is 12.6. The van der Waals surface area contributed by atoms with Gasteiger partial charge in [-0.3, -0.25) is 9.59 Å². The van der Waals surface area contributed by atoms with Gasteiger partial charge in [-0.1, -0.05) is 29.5 Å². The summed E-state index contributed by atoms with van der Waals surface area (Å²) in [4.78, 5) is 25.1. The lowest BCUT2D eigenvalue weighted by Gasteiger charge is -2.15. The first-order chi connectivity index (χ1) is 15.7. The zero-order valence-electron chi connectivity index (χ0n) is 19.4. The van der Waals surface area contributed by atoms with E-state index in [0.29, 0.717) is 23.1 Å². The maximum Gasteiger partial charge on any atom is 0.251 e. The molecule has 3 aromatic rings. The number of amides is 2. The molecule has 0 saturated carbocycles. The molecule has 1 atom stereocenters. The molecular weight excluding hydrogens is 502 g/mol. The highest BCUT2D eigenvalue weighted by atomic mass is 79.9. The molecule has 0 aliphatic heterocycles. The quantitative estimate of drug-likeness (QED) is 0.391. The largest absolute Gasteiger partial charge is 0.342 e. The van der Waals surface area contributed by atoms with Crippen molar-refractivity contribution in [3.63, 3.8) is 0 Å². The van der Waals surface area contributed by atoms with Crippen LogP contribution < -0.4 is 10.6 Å². The number of hydrogen-bond acceptors (Lipinski definition) is 5. The summed E-state index contributed by atoms with van der Waals surface area (Å²) in [6.45, 7) is 10.5. The summed E-state index contributed by atoms with van der Waals surface area (Å²) in [5.74, 6) is 0.553. The van der Waals surface area contributed by atoms with Crippen LogP contribution in [0.5, 0.6) is 0 Å². The Balaban J connectivity index is 1.64. The second-order valence-corrected chi connectivity index (χ2v) is 9.70. The highest BCUT2D eigenvalue weighted by Crippen LogP contribution is 2.27. The van der Waals surface area contributed by atoms with Crippen LogP contribution in [-0.4, -0.2) is 32.3 Å². The number of thioether (sulfide) groups is 1. The second-order valence-electron chi connectivity index (χ2n) is 7.90. The van der Waals surface area contributed by atoms with Gasteiger partial charge in [0, 0.05) is 16.6 Å². The topological polar surface area (TPSA) is 88.9 Å². The molecule has 9 heteroatoms. The van der Waals surface area contributed by atoms with E-state index in [-0.39, 0.29) is 23.6 Å². The molecule has 0 fully saturated rings. The number of nitrogens with one attached hydrogen (secondary N) is 2. The van der Waals surface area contributed by atoms with Crippen molar-refractivity contribution in [2.45, 2.75) is 52.4 Å². The Bertz CT molecular complexity index is 1160. The van der Waals surface area contributed by atoms with Crippen LogP contribution in [0.4, 0.5) is 5.69 Å². The number of nitrogens with zero attached hydrogens (tertiary/aromatic N) is 3. The minimum absolute atomic E-state index is 0.128. The molecule has 0 spiro atoms. The molecule has 0 bridgehead atoms. The van der Waals surface area contributed by atoms with Gasteiger partial charge < -0.3 is 15.2 Å². The third-order valence-electron chi connectivity index (χ3n) is 5.30. The zero-order valence-corrected chi connectivity index (χ0v) is 21.8. The monoisotopic (exact) mass is 529 g/mol. The number of carbonyl (C=O) groups excluding carboxylic acids is 2. The predicted molar refractivity (Wildman–Crippen MR) is 136 cm³/mol. The van der Waals surface area contributed by atoms with Crippen molar-refractivity contribution in [1.29, 1.82) is 0 Å². The molecule has 174 valence electrons. The van der Waals surface area contributed by atoms with Crippen molar-refractivity contribution in [3.8, 4) is 0 Å². The van der Waals surface area contributed by atoms with Crippen LogP contribution in [-0.2, 0) is 11.3 Å². The summed E-state index contributed by atoms with van der Waals surface area (Å²) >= 11 is 4.82. The van der Waals surface area contributed by atoms with E-state index in [2.05, 4.69) is 36.8 Å². The Kier molecular flexibility index (Phi) is 8.31. The summed E-state index contributed by atoms with van der Waals surface area (Å²) in [5.41, 5.74) is 4.70. The van der Waals surface area contributed by atoms with E-state index in [4.69, 9.17) is 0 Å². The molecule has 1 heterocycles. The fourth-order valence-corrected chi connectivity index (χ4v) is 4.63. The molecule has 0 aliphatic rings. The normalized spacial score (nSPS) is 11.8. The third kappa shape index (κ3) is 6.23. The van der Waals surface area contributed by atoms with Crippen molar-refractivity contribution in [2.75, 3.05) is 11.1 Å². The number of rotatable bonds is 8. The van der Waals surface area contributed by atoms with E-state index in [1.165, 1.54) is 11.8 Å². The molecule has 2 aromatic carbocycles. The van der Waals surface area contributed by atoms with Crippen LogP contribution in [0.15, 0.2) is 46.0 Å². The Morgan fingerprint density at radius 3 is 2.42 bits per heavy atom. The van der Waals surface area contributed by atoms with Crippen molar-refractivity contribution >= 4 is 45.2 Å². The Morgan fingerprint density at radius 1 is 1.09 bits per heavy atom. The Morgan fingerprint density at radius 2 is 1.76 bits per heavy atom. The molecule has 2 amide bonds. The smallest absolute Gasteiger partial charge is 0.251 e. The van der Waals surface area contributed by atoms with Crippen molar-refractivity contribution in [1.82, 2.24) is 20.1 Å². The van der Waals surface area contributed by atoms with E-state index in [1.807, 2.05) is 63.5 Å². The van der Waals surface area contributed by atoms with Gasteiger partial charge in [0.1, 0.15) is 0 Å². The van der Waals surface area contributed by atoms with Gasteiger partial charge >= 0.3 is 0 Å². The van der Waals surface area contributed by atoms with Crippen LogP contribution in [0.2, 0.25) is 0 Å². The molecule has 1 aromatic heterocycles. The van der Waals surface area contributed by atoms with Crippen LogP contribution in [0, 0.1) is 20.8 Å². The van der Waals surface area contributed by atoms with Crippen LogP contribution in [0.3, 0.4) is 0 Å². The summed E-state index contributed by atoms with van der Waals surface area (Å²) in [6.07, 6.45) is 0. The predicted octanol–water partition coefficient (Wildman–Crippen LogP) is 5.21. The first kappa shape index (κ1) is 25.0. The number of aromatic nitrogens is 3. The fourth-order valence-electron chi connectivity index (χ4n) is 3.27. The summed E-state index contributed by atoms with van der Waals surface area (Å²) in [6, 6.07) is 11.0. The molecule has 3 rings (SSSR count). The number of carbonyl (C=O) groups is 2. The minimum atomic E-state index is -0.332. The molecule has 1 unspecified atom stereocenters. The highest BCUT2D eigenvalue weighted by Gasteiger charge is 2.20. The zero-order chi connectivity index (χ0) is 24.1.